The predicted molar refractivity (Wildman–Crippen MR) is 64.9 cm³/mol. The summed E-state index contributed by atoms with van der Waals surface area (Å²) >= 11 is 5.68. The molecular formula is C12H16ClNO2. The second-order valence-corrected chi connectivity index (χ2v) is 4.27. The van der Waals surface area contributed by atoms with E-state index in [0.29, 0.717) is 0 Å². The smallest absolute Gasteiger partial charge is 0.238 e. The van der Waals surface area contributed by atoms with E-state index in [4.69, 9.17) is 16.3 Å². The molecule has 1 amide bonds. The maximum atomic E-state index is 11.4. The number of hydrogen-bond acceptors (Lipinski definition) is 2. The molecule has 0 heterocycles. The van der Waals surface area contributed by atoms with Crippen molar-refractivity contribution < 1.29 is 9.53 Å². The largest absolute Gasteiger partial charge is 0.497 e. The van der Waals surface area contributed by atoms with Crippen LogP contribution in [0.4, 0.5) is 0 Å². The summed E-state index contributed by atoms with van der Waals surface area (Å²) in [6, 6.07) is 7.51. The molecular weight excluding hydrogens is 226 g/mol. The van der Waals surface area contributed by atoms with Gasteiger partial charge in [-0.1, -0.05) is 12.1 Å². The molecule has 0 spiro atoms. The topological polar surface area (TPSA) is 38.3 Å². The highest BCUT2D eigenvalue weighted by molar-refractivity contribution is 6.30. The van der Waals surface area contributed by atoms with E-state index >= 15 is 0 Å². The molecule has 0 radical (unpaired) electrons. The van der Waals surface area contributed by atoms with E-state index in [1.54, 1.807) is 14.0 Å². The van der Waals surface area contributed by atoms with Crippen LogP contribution in [0.2, 0.25) is 0 Å². The van der Waals surface area contributed by atoms with Crippen molar-refractivity contribution in [3.63, 3.8) is 0 Å². The van der Waals surface area contributed by atoms with Crippen LogP contribution in [0.1, 0.15) is 25.5 Å². The zero-order valence-electron chi connectivity index (χ0n) is 9.66. The second-order valence-electron chi connectivity index (χ2n) is 3.62. The minimum atomic E-state index is -0.513. The van der Waals surface area contributed by atoms with Crippen LogP contribution in [-0.2, 0) is 4.79 Å². The van der Waals surface area contributed by atoms with E-state index in [0.717, 1.165) is 11.3 Å². The van der Waals surface area contributed by atoms with Crippen molar-refractivity contribution in [2.75, 3.05) is 7.11 Å². The van der Waals surface area contributed by atoms with Crippen molar-refractivity contribution in [2.24, 2.45) is 0 Å². The number of alkyl halides is 1. The number of halogens is 1. The third-order valence-electron chi connectivity index (χ3n) is 2.34. The fourth-order valence-corrected chi connectivity index (χ4v) is 1.37. The molecule has 3 nitrogen and oxygen atoms in total. The third kappa shape index (κ3) is 3.42. The first-order valence-corrected chi connectivity index (χ1v) is 5.56. The molecule has 1 rings (SSSR count). The molecule has 0 aliphatic heterocycles. The molecule has 16 heavy (non-hydrogen) atoms. The maximum absolute atomic E-state index is 11.4. The van der Waals surface area contributed by atoms with Gasteiger partial charge in [0.05, 0.1) is 13.2 Å². The van der Waals surface area contributed by atoms with Gasteiger partial charge in [-0.05, 0) is 31.5 Å². The summed E-state index contributed by atoms with van der Waals surface area (Å²) in [5, 5.41) is 2.31. The Kier molecular flexibility index (Phi) is 4.62. The molecule has 2 atom stereocenters. The van der Waals surface area contributed by atoms with Crippen LogP contribution < -0.4 is 10.1 Å². The van der Waals surface area contributed by atoms with Crippen molar-refractivity contribution >= 4 is 17.5 Å². The van der Waals surface area contributed by atoms with E-state index in [9.17, 15) is 4.79 Å². The molecule has 0 fully saturated rings. The molecule has 0 saturated heterocycles. The van der Waals surface area contributed by atoms with Gasteiger partial charge in [0.25, 0.3) is 0 Å². The van der Waals surface area contributed by atoms with Crippen molar-refractivity contribution in [1.29, 1.82) is 0 Å². The molecule has 1 aromatic carbocycles. The van der Waals surface area contributed by atoms with Gasteiger partial charge in [-0.3, -0.25) is 4.79 Å². The summed E-state index contributed by atoms with van der Waals surface area (Å²) in [5.74, 6) is 0.637. The van der Waals surface area contributed by atoms with Gasteiger partial charge in [-0.25, -0.2) is 0 Å². The fourth-order valence-electron chi connectivity index (χ4n) is 1.30. The zero-order chi connectivity index (χ0) is 12.1. The molecule has 4 heteroatoms. The van der Waals surface area contributed by atoms with Crippen LogP contribution in [0.15, 0.2) is 24.3 Å². The first kappa shape index (κ1) is 12.8. The van der Waals surface area contributed by atoms with Crippen LogP contribution in [-0.4, -0.2) is 18.4 Å². The van der Waals surface area contributed by atoms with Gasteiger partial charge in [-0.15, -0.1) is 11.6 Å². The first-order valence-electron chi connectivity index (χ1n) is 5.13. The van der Waals surface area contributed by atoms with E-state index in [-0.39, 0.29) is 11.9 Å². The number of ether oxygens (including phenoxy) is 1. The Labute approximate surface area is 101 Å². The average molecular weight is 242 g/mol. The summed E-state index contributed by atoms with van der Waals surface area (Å²) in [4.78, 5) is 11.4. The summed E-state index contributed by atoms with van der Waals surface area (Å²) in [5.41, 5.74) is 1.02. The second kappa shape index (κ2) is 5.75. The third-order valence-corrected chi connectivity index (χ3v) is 2.53. The van der Waals surface area contributed by atoms with E-state index in [1.807, 2.05) is 31.2 Å². The minimum absolute atomic E-state index is 0.0559. The Bertz CT molecular complexity index is 349. The highest BCUT2D eigenvalue weighted by Crippen LogP contribution is 2.17. The number of nitrogens with one attached hydrogen (secondary N) is 1. The summed E-state index contributed by atoms with van der Waals surface area (Å²) in [6.07, 6.45) is 0. The van der Waals surface area contributed by atoms with E-state index < -0.39 is 5.38 Å². The summed E-state index contributed by atoms with van der Waals surface area (Å²) < 4.78 is 5.06. The lowest BCUT2D eigenvalue weighted by Crippen LogP contribution is -2.31. The van der Waals surface area contributed by atoms with Gasteiger partial charge in [0.1, 0.15) is 11.1 Å². The van der Waals surface area contributed by atoms with Crippen molar-refractivity contribution in [3.05, 3.63) is 29.8 Å². The Morgan fingerprint density at radius 2 is 1.88 bits per heavy atom. The average Bonchev–Trinajstić information content (AvgIpc) is 2.28. The predicted octanol–water partition coefficient (Wildman–Crippen LogP) is 2.50. The Morgan fingerprint density at radius 3 is 2.31 bits per heavy atom. The quantitative estimate of drug-likeness (QED) is 0.823. The summed E-state index contributed by atoms with van der Waals surface area (Å²) in [6.45, 7) is 3.57. The lowest BCUT2D eigenvalue weighted by atomic mass is 10.1. The number of hydrogen-bond donors (Lipinski definition) is 1. The highest BCUT2D eigenvalue weighted by Gasteiger charge is 2.13. The number of rotatable bonds is 4. The maximum Gasteiger partial charge on any atom is 0.238 e. The summed E-state index contributed by atoms with van der Waals surface area (Å²) in [7, 11) is 1.62. The monoisotopic (exact) mass is 241 g/mol. The molecule has 2 unspecified atom stereocenters. The van der Waals surface area contributed by atoms with Crippen molar-refractivity contribution in [2.45, 2.75) is 25.3 Å². The molecule has 0 bridgehead atoms. The van der Waals surface area contributed by atoms with Crippen LogP contribution in [0.5, 0.6) is 5.75 Å². The molecule has 1 aromatic rings. The van der Waals surface area contributed by atoms with Crippen molar-refractivity contribution in [1.82, 2.24) is 5.32 Å². The van der Waals surface area contributed by atoms with Gasteiger partial charge in [0.15, 0.2) is 0 Å². The Hall–Kier alpha value is -1.22. The van der Waals surface area contributed by atoms with Crippen LogP contribution >= 0.6 is 11.6 Å². The molecule has 88 valence electrons. The van der Waals surface area contributed by atoms with Gasteiger partial charge in [0.2, 0.25) is 5.91 Å². The zero-order valence-corrected chi connectivity index (χ0v) is 10.4. The molecule has 1 N–H and O–H groups in total. The van der Waals surface area contributed by atoms with Crippen LogP contribution in [0.25, 0.3) is 0 Å². The van der Waals surface area contributed by atoms with Gasteiger partial charge in [-0.2, -0.15) is 0 Å². The number of benzene rings is 1. The molecule has 0 aliphatic carbocycles. The van der Waals surface area contributed by atoms with E-state index in [1.165, 1.54) is 0 Å². The van der Waals surface area contributed by atoms with Gasteiger partial charge < -0.3 is 10.1 Å². The lowest BCUT2D eigenvalue weighted by Gasteiger charge is -2.15. The lowest BCUT2D eigenvalue weighted by molar-refractivity contribution is -0.121. The van der Waals surface area contributed by atoms with Crippen LogP contribution in [0, 0.1) is 0 Å². The standard InChI is InChI=1S/C12H16ClNO2/c1-8(13)12(15)14-9(2)10-4-6-11(16-3)7-5-10/h4-9H,1-3H3,(H,14,15). The number of amides is 1. The van der Waals surface area contributed by atoms with Gasteiger partial charge in [0, 0.05) is 0 Å². The molecule has 0 saturated carbocycles. The number of carbonyl (C=O) groups is 1. The first-order chi connectivity index (χ1) is 7.54. The van der Waals surface area contributed by atoms with Crippen LogP contribution in [0.3, 0.4) is 0 Å². The van der Waals surface area contributed by atoms with E-state index in [2.05, 4.69) is 5.32 Å². The molecule has 0 aliphatic rings. The Morgan fingerprint density at radius 1 is 1.31 bits per heavy atom. The Balaban J connectivity index is 2.65. The normalized spacial score (nSPS) is 14.0. The fraction of sp³-hybridized carbons (Fsp3) is 0.417. The SMILES string of the molecule is COc1ccc(C(C)NC(=O)C(C)Cl)cc1. The molecule has 0 aromatic heterocycles. The van der Waals surface area contributed by atoms with Crippen molar-refractivity contribution in [3.8, 4) is 5.75 Å². The van der Waals surface area contributed by atoms with Gasteiger partial charge >= 0.3 is 0 Å². The minimum Gasteiger partial charge on any atom is -0.497 e. The number of carbonyl (C=O) groups excluding carboxylic acids is 1. The highest BCUT2D eigenvalue weighted by atomic mass is 35.5. The number of methoxy groups -OCH3 is 1.